The molecule has 1 aromatic carbocycles. The molecule has 1 unspecified atom stereocenters. The van der Waals surface area contributed by atoms with Crippen molar-refractivity contribution < 1.29 is 18.4 Å². The first-order valence-electron chi connectivity index (χ1n) is 7.59. The Morgan fingerprint density at radius 1 is 1.38 bits per heavy atom. The van der Waals surface area contributed by atoms with Crippen molar-refractivity contribution in [1.29, 1.82) is 0 Å². The molecule has 134 valence electrons. The number of benzene rings is 1. The Hall–Kier alpha value is -3.37. The second-order valence-electron chi connectivity index (χ2n) is 6.24. The predicted octanol–water partition coefficient (Wildman–Crippen LogP) is 2.18. The van der Waals surface area contributed by atoms with Crippen molar-refractivity contribution in [3.63, 3.8) is 0 Å². The molecule has 0 saturated carbocycles. The van der Waals surface area contributed by atoms with E-state index in [1.54, 1.807) is 11.5 Å². The van der Waals surface area contributed by atoms with Gasteiger partial charge in [0.15, 0.2) is 0 Å². The Labute approximate surface area is 145 Å². The summed E-state index contributed by atoms with van der Waals surface area (Å²) in [5.74, 6) is -1.68. The van der Waals surface area contributed by atoms with Gasteiger partial charge in [0.05, 0.1) is 19.3 Å². The zero-order valence-electron chi connectivity index (χ0n) is 13.5. The van der Waals surface area contributed by atoms with Gasteiger partial charge < -0.3 is 14.9 Å². The molecule has 1 aliphatic rings. The molecule has 9 nitrogen and oxygen atoms in total. The number of nitro groups is 1. The molecule has 1 aliphatic heterocycles. The van der Waals surface area contributed by atoms with Gasteiger partial charge in [0, 0.05) is 16.6 Å². The monoisotopic (exact) mass is 362 g/mol. The number of imidazole rings is 1. The van der Waals surface area contributed by atoms with Crippen LogP contribution in [0, 0.1) is 21.7 Å². The standard InChI is InChI=1S/C15H12F2N6O3/c1-15(7-21-6-13(23(24)25)18-14(21)26-15)8-22-5-12(19-20-22)10-3-2-9(16)4-11(10)17/h2-6H,7-8H2,1H3. The van der Waals surface area contributed by atoms with Crippen LogP contribution in [-0.2, 0) is 13.1 Å². The van der Waals surface area contributed by atoms with Gasteiger partial charge in [-0.3, -0.25) is 4.57 Å². The first kappa shape index (κ1) is 16.1. The van der Waals surface area contributed by atoms with Crippen LogP contribution >= 0.6 is 0 Å². The lowest BCUT2D eigenvalue weighted by Gasteiger charge is -2.21. The Morgan fingerprint density at radius 3 is 2.88 bits per heavy atom. The predicted molar refractivity (Wildman–Crippen MR) is 83.3 cm³/mol. The van der Waals surface area contributed by atoms with Gasteiger partial charge in [0.25, 0.3) is 0 Å². The fourth-order valence-electron chi connectivity index (χ4n) is 2.90. The Bertz CT molecular complexity index is 991. The molecular weight excluding hydrogens is 350 g/mol. The molecule has 2 aromatic heterocycles. The average molecular weight is 362 g/mol. The second kappa shape index (κ2) is 5.58. The maximum atomic E-state index is 13.9. The molecule has 0 spiro atoms. The van der Waals surface area contributed by atoms with E-state index in [-0.39, 0.29) is 29.6 Å². The van der Waals surface area contributed by atoms with E-state index < -0.39 is 22.2 Å². The summed E-state index contributed by atoms with van der Waals surface area (Å²) in [7, 11) is 0. The number of fused-ring (bicyclic) bond motifs is 1. The Kier molecular flexibility index (Phi) is 3.46. The van der Waals surface area contributed by atoms with Crippen LogP contribution < -0.4 is 4.74 Å². The highest BCUT2D eigenvalue weighted by Crippen LogP contribution is 2.32. The van der Waals surface area contributed by atoms with Gasteiger partial charge in [-0.15, -0.1) is 5.10 Å². The maximum Gasteiger partial charge on any atom is 0.415 e. The molecular formula is C15H12F2N6O3. The number of aromatic nitrogens is 5. The molecule has 0 bridgehead atoms. The van der Waals surface area contributed by atoms with E-state index in [0.29, 0.717) is 6.54 Å². The highest BCUT2D eigenvalue weighted by atomic mass is 19.1. The van der Waals surface area contributed by atoms with Gasteiger partial charge in [0.2, 0.25) is 0 Å². The summed E-state index contributed by atoms with van der Waals surface area (Å²) in [6.45, 7) is 2.40. The minimum absolute atomic E-state index is 0.138. The average Bonchev–Trinajstić information content (AvgIpc) is 3.21. The third-order valence-electron chi connectivity index (χ3n) is 4.00. The van der Waals surface area contributed by atoms with Gasteiger partial charge in [-0.1, -0.05) is 5.21 Å². The molecule has 11 heteroatoms. The van der Waals surface area contributed by atoms with Crippen molar-refractivity contribution in [2.75, 3.05) is 0 Å². The zero-order chi connectivity index (χ0) is 18.5. The van der Waals surface area contributed by atoms with Crippen molar-refractivity contribution >= 4 is 5.82 Å². The van der Waals surface area contributed by atoms with E-state index in [1.165, 1.54) is 23.1 Å². The molecule has 4 rings (SSSR count). The van der Waals surface area contributed by atoms with Crippen molar-refractivity contribution in [3.05, 3.63) is 52.3 Å². The lowest BCUT2D eigenvalue weighted by molar-refractivity contribution is -0.389. The maximum absolute atomic E-state index is 13.9. The lowest BCUT2D eigenvalue weighted by Crippen LogP contribution is -2.36. The minimum Gasteiger partial charge on any atom is -0.436 e. The van der Waals surface area contributed by atoms with Crippen LogP contribution in [0.4, 0.5) is 14.6 Å². The first-order valence-corrected chi connectivity index (χ1v) is 7.59. The molecule has 0 aliphatic carbocycles. The number of rotatable bonds is 4. The topological polar surface area (TPSA) is 101 Å². The van der Waals surface area contributed by atoms with E-state index >= 15 is 0 Å². The van der Waals surface area contributed by atoms with Crippen LogP contribution in [0.15, 0.2) is 30.6 Å². The molecule has 1 atom stereocenters. The van der Waals surface area contributed by atoms with E-state index in [1.807, 2.05) is 0 Å². The van der Waals surface area contributed by atoms with Gasteiger partial charge in [-0.2, -0.15) is 0 Å². The van der Waals surface area contributed by atoms with Gasteiger partial charge in [-0.25, -0.2) is 13.5 Å². The fourth-order valence-corrected chi connectivity index (χ4v) is 2.90. The van der Waals surface area contributed by atoms with Crippen LogP contribution in [0.1, 0.15) is 6.92 Å². The first-order chi connectivity index (χ1) is 12.3. The number of nitrogens with zero attached hydrogens (tertiary/aromatic N) is 6. The van der Waals surface area contributed by atoms with Crippen LogP contribution in [0.3, 0.4) is 0 Å². The largest absolute Gasteiger partial charge is 0.436 e. The molecule has 0 fully saturated rings. The molecule has 0 radical (unpaired) electrons. The van der Waals surface area contributed by atoms with Crippen LogP contribution in [-0.4, -0.2) is 35.1 Å². The van der Waals surface area contributed by atoms with E-state index in [9.17, 15) is 18.9 Å². The van der Waals surface area contributed by atoms with E-state index in [4.69, 9.17) is 4.74 Å². The smallest absolute Gasteiger partial charge is 0.415 e. The summed E-state index contributed by atoms with van der Waals surface area (Å²) in [5.41, 5.74) is -0.347. The Balaban J connectivity index is 1.52. The summed E-state index contributed by atoms with van der Waals surface area (Å²) < 4.78 is 35.6. The SMILES string of the molecule is CC1(Cn2cc(-c3ccc(F)cc3F)nn2)Cn2cc([N+](=O)[O-])nc2O1. The summed E-state index contributed by atoms with van der Waals surface area (Å²) in [4.78, 5) is 14.0. The second-order valence-corrected chi connectivity index (χ2v) is 6.24. The number of hydrogen-bond acceptors (Lipinski definition) is 6. The molecule has 3 aromatic rings. The fraction of sp³-hybridized carbons (Fsp3) is 0.267. The van der Waals surface area contributed by atoms with E-state index in [2.05, 4.69) is 15.3 Å². The number of halogens is 2. The van der Waals surface area contributed by atoms with Crippen molar-refractivity contribution in [3.8, 4) is 17.3 Å². The molecule has 0 N–H and O–H groups in total. The van der Waals surface area contributed by atoms with Crippen LogP contribution in [0.5, 0.6) is 6.01 Å². The lowest BCUT2D eigenvalue weighted by atomic mass is 10.1. The Morgan fingerprint density at radius 2 is 2.19 bits per heavy atom. The quantitative estimate of drug-likeness (QED) is 0.521. The molecule has 0 amide bonds. The van der Waals surface area contributed by atoms with Crippen LogP contribution in [0.2, 0.25) is 0 Å². The summed E-state index contributed by atoms with van der Waals surface area (Å²) in [6.07, 6.45) is 2.83. The molecule has 3 heterocycles. The molecule has 26 heavy (non-hydrogen) atoms. The minimum atomic E-state index is -0.746. The van der Waals surface area contributed by atoms with Crippen molar-refractivity contribution in [2.45, 2.75) is 25.6 Å². The highest BCUT2D eigenvalue weighted by Gasteiger charge is 2.41. The third-order valence-corrected chi connectivity index (χ3v) is 4.00. The summed E-state index contributed by atoms with van der Waals surface area (Å²) in [5, 5.41) is 18.6. The number of ether oxygens (including phenoxy) is 1. The van der Waals surface area contributed by atoms with Gasteiger partial charge in [-0.05, 0) is 24.0 Å². The number of hydrogen-bond donors (Lipinski definition) is 0. The van der Waals surface area contributed by atoms with Gasteiger partial charge >= 0.3 is 11.8 Å². The summed E-state index contributed by atoms with van der Waals surface area (Å²) >= 11 is 0. The van der Waals surface area contributed by atoms with E-state index in [0.717, 1.165) is 12.1 Å². The normalized spacial score (nSPS) is 18.6. The van der Waals surface area contributed by atoms with Crippen LogP contribution in [0.25, 0.3) is 11.3 Å². The zero-order valence-corrected chi connectivity index (χ0v) is 13.5. The third kappa shape index (κ3) is 2.76. The highest BCUT2D eigenvalue weighted by molar-refractivity contribution is 5.58. The van der Waals surface area contributed by atoms with Gasteiger partial charge in [0.1, 0.15) is 29.1 Å². The van der Waals surface area contributed by atoms with Crippen molar-refractivity contribution in [2.24, 2.45) is 0 Å². The van der Waals surface area contributed by atoms with Crippen molar-refractivity contribution in [1.82, 2.24) is 24.5 Å². The summed E-state index contributed by atoms with van der Waals surface area (Å²) in [6, 6.07) is 3.37. The molecule has 0 saturated heterocycles.